The highest BCUT2D eigenvalue weighted by Crippen LogP contribution is 2.38. The zero-order valence-corrected chi connectivity index (χ0v) is 12.0. The minimum atomic E-state index is 0.231. The van der Waals surface area contributed by atoms with E-state index in [1.54, 1.807) is 6.20 Å². The van der Waals surface area contributed by atoms with E-state index in [1.165, 1.54) is 16.8 Å². The first kappa shape index (κ1) is 12.9. The van der Waals surface area contributed by atoms with Gasteiger partial charge in [-0.25, -0.2) is 0 Å². The summed E-state index contributed by atoms with van der Waals surface area (Å²) in [4.78, 5) is 8.67. The molecule has 104 valence electrons. The minimum absolute atomic E-state index is 0.231. The third-order valence-corrected chi connectivity index (χ3v) is 3.92. The van der Waals surface area contributed by atoms with Crippen LogP contribution in [0, 0.1) is 0 Å². The van der Waals surface area contributed by atoms with Gasteiger partial charge in [-0.2, -0.15) is 0 Å². The maximum absolute atomic E-state index is 6.03. The second kappa shape index (κ2) is 5.13. The molecule has 0 fully saturated rings. The highest BCUT2D eigenvalue weighted by Gasteiger charge is 2.29. The number of hydrogen-bond donors (Lipinski definition) is 1. The van der Waals surface area contributed by atoms with Gasteiger partial charge in [-0.05, 0) is 35.4 Å². The van der Waals surface area contributed by atoms with Crippen LogP contribution in [0.25, 0.3) is 0 Å². The van der Waals surface area contributed by atoms with Gasteiger partial charge in [-0.1, -0.05) is 6.07 Å². The Morgan fingerprint density at radius 2 is 2.20 bits per heavy atom. The zero-order valence-electron chi connectivity index (χ0n) is 12.0. The normalized spacial score (nSPS) is 17.1. The van der Waals surface area contributed by atoms with Gasteiger partial charge in [0.2, 0.25) is 0 Å². The quantitative estimate of drug-likeness (QED) is 0.926. The zero-order chi connectivity index (χ0) is 14.1. The maximum Gasteiger partial charge on any atom is 0.0673 e. The first-order valence-corrected chi connectivity index (χ1v) is 6.87. The molecule has 1 unspecified atom stereocenters. The van der Waals surface area contributed by atoms with E-state index in [4.69, 9.17) is 5.73 Å². The molecule has 4 heteroatoms. The summed E-state index contributed by atoms with van der Waals surface area (Å²) in [5, 5.41) is 0. The van der Waals surface area contributed by atoms with E-state index in [0.717, 1.165) is 12.2 Å². The van der Waals surface area contributed by atoms with Gasteiger partial charge in [0.25, 0.3) is 0 Å². The van der Waals surface area contributed by atoms with Crippen LogP contribution in [0.2, 0.25) is 0 Å². The highest BCUT2D eigenvalue weighted by molar-refractivity contribution is 5.58. The Hall–Kier alpha value is -2.07. The summed E-state index contributed by atoms with van der Waals surface area (Å²) < 4.78 is 0. The summed E-state index contributed by atoms with van der Waals surface area (Å²) in [5.41, 5.74) is 11.1. The van der Waals surface area contributed by atoms with Gasteiger partial charge >= 0.3 is 0 Å². The molecular weight excluding hydrogens is 248 g/mol. The van der Waals surface area contributed by atoms with Crippen molar-refractivity contribution in [2.45, 2.75) is 12.6 Å². The summed E-state index contributed by atoms with van der Waals surface area (Å²) >= 11 is 0. The number of hydrogen-bond acceptors (Lipinski definition) is 4. The van der Waals surface area contributed by atoms with Crippen molar-refractivity contribution in [3.8, 4) is 0 Å². The van der Waals surface area contributed by atoms with Crippen molar-refractivity contribution in [2.75, 3.05) is 30.4 Å². The molecule has 3 rings (SSSR count). The third-order valence-electron chi connectivity index (χ3n) is 3.92. The van der Waals surface area contributed by atoms with Crippen LogP contribution in [-0.4, -0.2) is 25.6 Å². The van der Waals surface area contributed by atoms with E-state index >= 15 is 0 Å². The molecule has 2 N–H and O–H groups in total. The van der Waals surface area contributed by atoms with Gasteiger partial charge in [0.1, 0.15) is 0 Å². The monoisotopic (exact) mass is 268 g/mol. The SMILES string of the molecule is CN(C)c1ccc2c(c1)C(CN)N(c1cccnc1)C2. The lowest BCUT2D eigenvalue weighted by molar-refractivity contribution is 0.677. The van der Waals surface area contributed by atoms with Crippen molar-refractivity contribution in [2.24, 2.45) is 5.73 Å². The molecule has 1 aliphatic heterocycles. The molecule has 1 aliphatic rings. The molecule has 2 aromatic rings. The molecular formula is C16H20N4. The lowest BCUT2D eigenvalue weighted by Crippen LogP contribution is -2.27. The van der Waals surface area contributed by atoms with E-state index in [1.807, 2.05) is 12.3 Å². The summed E-state index contributed by atoms with van der Waals surface area (Å²) in [7, 11) is 4.13. The molecule has 0 saturated heterocycles. The molecule has 0 amide bonds. The Morgan fingerprint density at radius 3 is 2.85 bits per heavy atom. The van der Waals surface area contributed by atoms with Gasteiger partial charge < -0.3 is 15.5 Å². The van der Waals surface area contributed by atoms with Crippen LogP contribution in [0.4, 0.5) is 11.4 Å². The Morgan fingerprint density at radius 1 is 1.35 bits per heavy atom. The van der Waals surface area contributed by atoms with Crippen molar-refractivity contribution < 1.29 is 0 Å². The summed E-state index contributed by atoms with van der Waals surface area (Å²) in [6.07, 6.45) is 3.70. The van der Waals surface area contributed by atoms with Crippen LogP contribution in [0.5, 0.6) is 0 Å². The van der Waals surface area contributed by atoms with Gasteiger partial charge in [0.15, 0.2) is 0 Å². The molecule has 1 aromatic heterocycles. The Bertz CT molecular complexity index is 595. The fraction of sp³-hybridized carbons (Fsp3) is 0.312. The van der Waals surface area contributed by atoms with Gasteiger partial charge in [-0.3, -0.25) is 4.98 Å². The van der Waals surface area contributed by atoms with Crippen LogP contribution in [0.1, 0.15) is 17.2 Å². The predicted molar refractivity (Wildman–Crippen MR) is 83.0 cm³/mol. The molecule has 1 aromatic carbocycles. The topological polar surface area (TPSA) is 45.4 Å². The first-order valence-electron chi connectivity index (χ1n) is 6.87. The number of fused-ring (bicyclic) bond motifs is 1. The fourth-order valence-electron chi connectivity index (χ4n) is 2.83. The molecule has 4 nitrogen and oxygen atoms in total. The van der Waals surface area contributed by atoms with Crippen LogP contribution in [0.15, 0.2) is 42.7 Å². The Kier molecular flexibility index (Phi) is 3.32. The van der Waals surface area contributed by atoms with Crippen LogP contribution in [-0.2, 0) is 6.54 Å². The molecule has 0 bridgehead atoms. The Balaban J connectivity index is 1.99. The number of anilines is 2. The first-order chi connectivity index (χ1) is 9.70. The number of nitrogens with zero attached hydrogens (tertiary/aromatic N) is 3. The van der Waals surface area contributed by atoms with E-state index in [9.17, 15) is 0 Å². The molecule has 0 saturated carbocycles. The van der Waals surface area contributed by atoms with E-state index in [-0.39, 0.29) is 6.04 Å². The molecule has 0 spiro atoms. The van der Waals surface area contributed by atoms with Crippen molar-refractivity contribution in [1.82, 2.24) is 4.98 Å². The van der Waals surface area contributed by atoms with Crippen LogP contribution in [0.3, 0.4) is 0 Å². The smallest absolute Gasteiger partial charge is 0.0673 e. The molecule has 0 aliphatic carbocycles. The number of pyridine rings is 1. The summed E-state index contributed by atoms with van der Waals surface area (Å²) in [6.45, 7) is 1.51. The number of rotatable bonds is 3. The largest absolute Gasteiger partial charge is 0.378 e. The molecule has 1 atom stereocenters. The van der Waals surface area contributed by atoms with E-state index in [0.29, 0.717) is 6.54 Å². The summed E-state index contributed by atoms with van der Waals surface area (Å²) in [6, 6.07) is 10.9. The van der Waals surface area contributed by atoms with Crippen LogP contribution < -0.4 is 15.5 Å². The average molecular weight is 268 g/mol. The van der Waals surface area contributed by atoms with Gasteiger partial charge in [0, 0.05) is 39.1 Å². The van der Waals surface area contributed by atoms with Gasteiger partial charge in [0.05, 0.1) is 17.9 Å². The van der Waals surface area contributed by atoms with Gasteiger partial charge in [-0.15, -0.1) is 0 Å². The standard InChI is InChI=1S/C16H20N4/c1-19(2)13-6-5-12-11-20(14-4-3-7-18-10-14)16(9-17)15(12)8-13/h3-8,10,16H,9,11,17H2,1-2H3. The van der Waals surface area contributed by atoms with Crippen molar-refractivity contribution in [3.63, 3.8) is 0 Å². The van der Waals surface area contributed by atoms with Crippen molar-refractivity contribution >= 4 is 11.4 Å². The molecule has 0 radical (unpaired) electrons. The maximum atomic E-state index is 6.03. The summed E-state index contributed by atoms with van der Waals surface area (Å²) in [5.74, 6) is 0. The van der Waals surface area contributed by atoms with Crippen molar-refractivity contribution in [3.05, 3.63) is 53.9 Å². The number of benzene rings is 1. The molecule has 2 heterocycles. The number of aromatic nitrogens is 1. The lowest BCUT2D eigenvalue weighted by atomic mass is 10.0. The number of nitrogens with two attached hydrogens (primary N) is 1. The Labute approximate surface area is 119 Å². The predicted octanol–water partition coefficient (Wildman–Crippen LogP) is 2.17. The van der Waals surface area contributed by atoms with E-state index in [2.05, 4.69) is 53.1 Å². The van der Waals surface area contributed by atoms with E-state index < -0.39 is 0 Å². The average Bonchev–Trinajstić information content (AvgIpc) is 2.85. The fourth-order valence-corrected chi connectivity index (χ4v) is 2.83. The third kappa shape index (κ3) is 2.12. The molecule has 20 heavy (non-hydrogen) atoms. The van der Waals surface area contributed by atoms with Crippen LogP contribution >= 0.6 is 0 Å². The highest BCUT2D eigenvalue weighted by atomic mass is 15.2. The minimum Gasteiger partial charge on any atom is -0.378 e. The lowest BCUT2D eigenvalue weighted by Gasteiger charge is -2.26. The second-order valence-electron chi connectivity index (χ2n) is 5.37. The second-order valence-corrected chi connectivity index (χ2v) is 5.37. The van der Waals surface area contributed by atoms with Crippen molar-refractivity contribution in [1.29, 1.82) is 0 Å².